The first-order chi connectivity index (χ1) is 12.3. The van der Waals surface area contributed by atoms with E-state index in [1.54, 1.807) is 24.4 Å². The van der Waals surface area contributed by atoms with E-state index < -0.39 is 10.0 Å². The Hall–Kier alpha value is -2.86. The third-order valence-corrected chi connectivity index (χ3v) is 5.26. The molecule has 0 fully saturated rings. The van der Waals surface area contributed by atoms with Gasteiger partial charge in [-0.1, -0.05) is 23.8 Å². The fraction of sp³-hybridized carbons (Fsp3) is 0.150. The van der Waals surface area contributed by atoms with Crippen LogP contribution in [0.1, 0.15) is 16.7 Å². The zero-order valence-electron chi connectivity index (χ0n) is 14.9. The highest BCUT2D eigenvalue weighted by Gasteiger charge is 2.20. The zero-order valence-corrected chi connectivity index (χ0v) is 15.8. The van der Waals surface area contributed by atoms with Crippen molar-refractivity contribution in [3.05, 3.63) is 77.5 Å². The Balaban J connectivity index is 1.94. The van der Waals surface area contributed by atoms with Crippen LogP contribution in [-0.4, -0.2) is 13.4 Å². The van der Waals surface area contributed by atoms with E-state index in [0.29, 0.717) is 5.69 Å². The van der Waals surface area contributed by atoms with Crippen molar-refractivity contribution in [1.29, 1.82) is 0 Å². The minimum absolute atomic E-state index is 0.0970. The van der Waals surface area contributed by atoms with Crippen molar-refractivity contribution < 1.29 is 8.42 Å². The Morgan fingerprint density at radius 1 is 0.808 bits per heavy atom. The first-order valence-corrected chi connectivity index (χ1v) is 9.72. The van der Waals surface area contributed by atoms with Crippen LogP contribution in [0.2, 0.25) is 0 Å². The van der Waals surface area contributed by atoms with Gasteiger partial charge in [0.05, 0.1) is 0 Å². The third-order valence-electron chi connectivity index (χ3n) is 3.85. The smallest absolute Gasteiger partial charge is 0.265 e. The number of nitrogens with one attached hydrogen (secondary N) is 2. The molecule has 1 aromatic heterocycles. The van der Waals surface area contributed by atoms with Crippen LogP contribution in [0, 0.1) is 20.8 Å². The Labute approximate surface area is 154 Å². The normalized spacial score (nSPS) is 11.2. The Morgan fingerprint density at radius 3 is 2.12 bits per heavy atom. The second kappa shape index (κ2) is 7.17. The molecule has 3 aromatic rings. The lowest BCUT2D eigenvalue weighted by atomic mass is 10.1. The van der Waals surface area contributed by atoms with Crippen molar-refractivity contribution in [2.45, 2.75) is 25.7 Å². The molecule has 0 unspecified atom stereocenters. The van der Waals surface area contributed by atoms with Gasteiger partial charge < -0.3 is 5.32 Å². The van der Waals surface area contributed by atoms with Gasteiger partial charge >= 0.3 is 0 Å². The zero-order chi connectivity index (χ0) is 18.7. The van der Waals surface area contributed by atoms with Crippen LogP contribution in [0.15, 0.2) is 65.7 Å². The molecule has 0 atom stereocenters. The number of benzene rings is 2. The number of hydrogen-bond acceptors (Lipinski definition) is 4. The van der Waals surface area contributed by atoms with Crippen molar-refractivity contribution in [3.63, 3.8) is 0 Å². The highest BCUT2D eigenvalue weighted by Crippen LogP contribution is 2.25. The molecule has 0 aliphatic rings. The highest BCUT2D eigenvalue weighted by atomic mass is 32.2. The molecule has 2 N–H and O–H groups in total. The van der Waals surface area contributed by atoms with E-state index in [-0.39, 0.29) is 10.7 Å². The number of rotatable bonds is 5. The van der Waals surface area contributed by atoms with Gasteiger partial charge in [-0.25, -0.2) is 13.4 Å². The standard InChI is InChI=1S/C20H21N3O2S/c1-14-6-8-17(9-7-14)23-26(24,25)19-5-4-10-21-20(19)22-18-12-15(2)11-16(3)13-18/h4-13,23H,1-3H3,(H,21,22). The second-order valence-electron chi connectivity index (χ2n) is 6.32. The maximum Gasteiger partial charge on any atom is 0.265 e. The van der Waals surface area contributed by atoms with Crippen molar-refractivity contribution in [1.82, 2.24) is 4.98 Å². The van der Waals surface area contributed by atoms with Gasteiger partial charge in [0, 0.05) is 17.6 Å². The summed E-state index contributed by atoms with van der Waals surface area (Å²) in [4.78, 5) is 4.32. The molecule has 2 aromatic carbocycles. The number of anilines is 3. The molecule has 0 aliphatic heterocycles. The number of nitrogens with zero attached hydrogens (tertiary/aromatic N) is 1. The van der Waals surface area contributed by atoms with Gasteiger partial charge in [0.2, 0.25) is 0 Å². The van der Waals surface area contributed by atoms with Crippen LogP contribution in [0.3, 0.4) is 0 Å². The lowest BCUT2D eigenvalue weighted by Crippen LogP contribution is -2.15. The molecule has 0 amide bonds. The van der Waals surface area contributed by atoms with Crippen molar-refractivity contribution in [2.75, 3.05) is 10.0 Å². The quantitative estimate of drug-likeness (QED) is 0.694. The predicted molar refractivity (Wildman–Crippen MR) is 105 cm³/mol. The molecule has 0 radical (unpaired) electrons. The van der Waals surface area contributed by atoms with E-state index in [1.807, 2.05) is 45.0 Å². The Morgan fingerprint density at radius 2 is 1.46 bits per heavy atom. The summed E-state index contributed by atoms with van der Waals surface area (Å²) in [6, 6.07) is 16.3. The molecular weight excluding hydrogens is 346 g/mol. The van der Waals surface area contributed by atoms with E-state index in [1.165, 1.54) is 6.07 Å². The molecule has 0 bridgehead atoms. The number of aryl methyl sites for hydroxylation is 3. The van der Waals surface area contributed by atoms with E-state index in [0.717, 1.165) is 22.4 Å². The maximum absolute atomic E-state index is 12.8. The SMILES string of the molecule is Cc1ccc(NS(=O)(=O)c2cccnc2Nc2cc(C)cc(C)c2)cc1. The highest BCUT2D eigenvalue weighted by molar-refractivity contribution is 7.92. The summed E-state index contributed by atoms with van der Waals surface area (Å²) in [5, 5.41) is 3.12. The predicted octanol–water partition coefficient (Wildman–Crippen LogP) is 4.55. The minimum atomic E-state index is -3.77. The van der Waals surface area contributed by atoms with Gasteiger partial charge in [0.25, 0.3) is 10.0 Å². The van der Waals surface area contributed by atoms with Gasteiger partial charge in [-0.05, 0) is 68.3 Å². The summed E-state index contributed by atoms with van der Waals surface area (Å²) < 4.78 is 28.3. The van der Waals surface area contributed by atoms with E-state index >= 15 is 0 Å². The van der Waals surface area contributed by atoms with Crippen LogP contribution in [0.25, 0.3) is 0 Å². The van der Waals surface area contributed by atoms with Gasteiger partial charge in [-0.15, -0.1) is 0 Å². The molecule has 0 saturated heterocycles. The first kappa shape index (κ1) is 17.9. The first-order valence-electron chi connectivity index (χ1n) is 8.23. The van der Waals surface area contributed by atoms with Gasteiger partial charge in [-0.2, -0.15) is 0 Å². The van der Waals surface area contributed by atoms with Crippen molar-refractivity contribution >= 4 is 27.2 Å². The molecule has 0 saturated carbocycles. The van der Waals surface area contributed by atoms with Gasteiger partial charge in [0.1, 0.15) is 4.90 Å². The van der Waals surface area contributed by atoms with Crippen LogP contribution in [0.4, 0.5) is 17.2 Å². The molecule has 0 spiro atoms. The number of hydrogen-bond donors (Lipinski definition) is 2. The minimum Gasteiger partial charge on any atom is -0.339 e. The lowest BCUT2D eigenvalue weighted by Gasteiger charge is -2.14. The lowest BCUT2D eigenvalue weighted by molar-refractivity contribution is 0.601. The molecule has 5 nitrogen and oxygen atoms in total. The van der Waals surface area contributed by atoms with Gasteiger partial charge in [-0.3, -0.25) is 4.72 Å². The monoisotopic (exact) mass is 367 g/mol. The van der Waals surface area contributed by atoms with E-state index in [2.05, 4.69) is 21.1 Å². The largest absolute Gasteiger partial charge is 0.339 e. The summed E-state index contributed by atoms with van der Waals surface area (Å²) in [5.41, 5.74) is 4.55. The van der Waals surface area contributed by atoms with Crippen LogP contribution in [-0.2, 0) is 10.0 Å². The molecule has 26 heavy (non-hydrogen) atoms. The van der Waals surface area contributed by atoms with E-state index in [4.69, 9.17) is 0 Å². The third kappa shape index (κ3) is 4.21. The molecule has 1 heterocycles. The average molecular weight is 367 g/mol. The van der Waals surface area contributed by atoms with E-state index in [9.17, 15) is 8.42 Å². The fourth-order valence-electron chi connectivity index (χ4n) is 2.72. The molecule has 134 valence electrons. The van der Waals surface area contributed by atoms with Crippen LogP contribution < -0.4 is 10.0 Å². The maximum atomic E-state index is 12.8. The van der Waals surface area contributed by atoms with Crippen LogP contribution >= 0.6 is 0 Å². The van der Waals surface area contributed by atoms with Gasteiger partial charge in [0.15, 0.2) is 5.82 Å². The summed E-state index contributed by atoms with van der Waals surface area (Å²) in [6.45, 7) is 5.94. The summed E-state index contributed by atoms with van der Waals surface area (Å²) >= 11 is 0. The number of aromatic nitrogens is 1. The Kier molecular flexibility index (Phi) is 4.95. The van der Waals surface area contributed by atoms with Crippen molar-refractivity contribution in [2.24, 2.45) is 0 Å². The molecular formula is C20H21N3O2S. The average Bonchev–Trinajstić information content (AvgIpc) is 2.56. The number of sulfonamides is 1. The molecule has 3 rings (SSSR count). The topological polar surface area (TPSA) is 71.1 Å². The summed E-state index contributed by atoms with van der Waals surface area (Å²) in [7, 11) is -3.77. The summed E-state index contributed by atoms with van der Waals surface area (Å²) in [6.07, 6.45) is 1.57. The Bertz CT molecular complexity index is 1010. The van der Waals surface area contributed by atoms with Crippen LogP contribution in [0.5, 0.6) is 0 Å². The summed E-state index contributed by atoms with van der Waals surface area (Å²) in [5.74, 6) is 0.289. The number of pyridine rings is 1. The molecule has 6 heteroatoms. The van der Waals surface area contributed by atoms with Crippen molar-refractivity contribution in [3.8, 4) is 0 Å². The second-order valence-corrected chi connectivity index (χ2v) is 7.97. The fourth-order valence-corrected chi connectivity index (χ4v) is 3.89. The molecule has 0 aliphatic carbocycles.